The number of para-hydroxylation sites is 1. The summed E-state index contributed by atoms with van der Waals surface area (Å²) in [7, 11) is 0. The number of hydrogen-bond donors (Lipinski definition) is 0. The zero-order valence-electron chi connectivity index (χ0n) is 26.6. The van der Waals surface area contributed by atoms with Gasteiger partial charge in [-0.05, 0) is 36.4 Å². The van der Waals surface area contributed by atoms with Crippen LogP contribution in [0.3, 0.4) is 0 Å². The lowest BCUT2D eigenvalue weighted by molar-refractivity contribution is 0.454. The Hall–Kier alpha value is -7.48. The van der Waals surface area contributed by atoms with E-state index in [-0.39, 0.29) is 22.2 Å². The van der Waals surface area contributed by atoms with E-state index >= 15 is 17.6 Å². The van der Waals surface area contributed by atoms with Crippen molar-refractivity contribution in [2.75, 3.05) is 0 Å². The summed E-state index contributed by atoms with van der Waals surface area (Å²) in [6, 6.07) is 35.9. The third-order valence-electron chi connectivity index (χ3n) is 8.87. The lowest BCUT2D eigenvalue weighted by Crippen LogP contribution is -2.06. The molecule has 0 unspecified atom stereocenters. The van der Waals surface area contributed by atoms with Crippen LogP contribution in [-0.4, -0.2) is 15.0 Å². The van der Waals surface area contributed by atoms with E-state index in [4.69, 9.17) is 15.0 Å². The van der Waals surface area contributed by atoms with E-state index in [1.54, 1.807) is 103 Å². The van der Waals surface area contributed by atoms with Crippen molar-refractivity contribution in [3.05, 3.63) is 149 Å². The van der Waals surface area contributed by atoms with Crippen LogP contribution in [0.25, 0.3) is 77.6 Å². The smallest absolute Gasteiger partial charge is 0.180 e. The van der Waals surface area contributed by atoms with Gasteiger partial charge in [0.25, 0.3) is 0 Å². The summed E-state index contributed by atoms with van der Waals surface area (Å²) in [5, 5.41) is 29.2. The monoisotopic (exact) mass is 682 g/mol. The zero-order chi connectivity index (χ0) is 36.1. The maximum atomic E-state index is 16.1. The average molecular weight is 683 g/mol. The Morgan fingerprint density at radius 1 is 0.462 bits per heavy atom. The Balaban J connectivity index is 1.62. The summed E-state index contributed by atoms with van der Waals surface area (Å²) in [5.74, 6) is -7.17. The van der Waals surface area contributed by atoms with Gasteiger partial charge in [0, 0.05) is 38.4 Å². The Bertz CT molecular complexity index is 2880. The van der Waals surface area contributed by atoms with E-state index in [2.05, 4.69) is 12.1 Å². The Kier molecular flexibility index (Phi) is 7.60. The van der Waals surface area contributed by atoms with Gasteiger partial charge >= 0.3 is 0 Å². The third kappa shape index (κ3) is 4.96. The van der Waals surface area contributed by atoms with Crippen LogP contribution in [-0.2, 0) is 0 Å². The molecule has 0 atom stereocenters. The molecule has 244 valence electrons. The zero-order valence-corrected chi connectivity index (χ0v) is 26.6. The summed E-state index contributed by atoms with van der Waals surface area (Å²) in [5.41, 5.74) is 1.73. The van der Waals surface area contributed by atoms with Crippen molar-refractivity contribution in [1.29, 1.82) is 15.8 Å². The number of halogens is 4. The van der Waals surface area contributed by atoms with Crippen LogP contribution in [0.1, 0.15) is 16.7 Å². The fourth-order valence-electron chi connectivity index (χ4n) is 6.44. The van der Waals surface area contributed by atoms with Gasteiger partial charge < -0.3 is 0 Å². The Morgan fingerprint density at radius 3 is 1.56 bits per heavy atom. The number of nitrogens with zero attached hydrogens (tertiary/aromatic N) is 6. The molecule has 0 fully saturated rings. The first kappa shape index (κ1) is 31.8. The minimum atomic E-state index is -1.83. The molecule has 0 bridgehead atoms. The highest BCUT2D eigenvalue weighted by molar-refractivity contribution is 6.25. The van der Waals surface area contributed by atoms with Gasteiger partial charge in [-0.1, -0.05) is 72.8 Å². The maximum absolute atomic E-state index is 16.1. The highest BCUT2D eigenvalue weighted by atomic mass is 19.2. The molecule has 6 nitrogen and oxygen atoms in total. The van der Waals surface area contributed by atoms with E-state index in [1.807, 2.05) is 0 Å². The van der Waals surface area contributed by atoms with E-state index in [0.717, 1.165) is 0 Å². The number of benzene rings is 6. The van der Waals surface area contributed by atoms with Crippen molar-refractivity contribution in [2.24, 2.45) is 0 Å². The highest BCUT2D eigenvalue weighted by Crippen LogP contribution is 2.45. The molecule has 0 amide bonds. The van der Waals surface area contributed by atoms with Crippen LogP contribution >= 0.6 is 0 Å². The second kappa shape index (κ2) is 12.4. The van der Waals surface area contributed by atoms with Gasteiger partial charge in [-0.3, -0.25) is 0 Å². The van der Waals surface area contributed by atoms with Crippen LogP contribution in [0.5, 0.6) is 0 Å². The van der Waals surface area contributed by atoms with Crippen LogP contribution in [0.2, 0.25) is 0 Å². The predicted molar refractivity (Wildman–Crippen MR) is 188 cm³/mol. The standard InChI is InChI=1S/C42H18F4N6/c43-35-29(21-49)36(44)38(46)34(37(35)45)28-18-31-42(32-27-8-4-5-9-30(27)50-39(33(28)32)24-6-2-1-3-7-24)52-41(26-16-12-23(20-48)13-17-26)40(51-31)25-14-10-22(19-47)11-15-25/h1-18H. The summed E-state index contributed by atoms with van der Waals surface area (Å²) in [6.07, 6.45) is 0. The molecule has 52 heavy (non-hydrogen) atoms. The van der Waals surface area contributed by atoms with Crippen molar-refractivity contribution in [1.82, 2.24) is 15.0 Å². The number of aromatic nitrogens is 3. The van der Waals surface area contributed by atoms with E-state index in [9.17, 15) is 15.8 Å². The number of hydrogen-bond acceptors (Lipinski definition) is 6. The molecule has 2 heterocycles. The molecule has 0 aliphatic rings. The first-order valence-corrected chi connectivity index (χ1v) is 15.7. The molecule has 0 saturated carbocycles. The summed E-state index contributed by atoms with van der Waals surface area (Å²) in [6.45, 7) is 0. The van der Waals surface area contributed by atoms with E-state index in [1.165, 1.54) is 12.1 Å². The van der Waals surface area contributed by atoms with Gasteiger partial charge in [0.1, 0.15) is 11.6 Å². The molecular formula is C42H18F4N6. The van der Waals surface area contributed by atoms with Crippen molar-refractivity contribution in [3.8, 4) is 63.1 Å². The molecule has 0 N–H and O–H groups in total. The molecule has 0 aliphatic heterocycles. The summed E-state index contributed by atoms with van der Waals surface area (Å²) >= 11 is 0. The highest BCUT2D eigenvalue weighted by Gasteiger charge is 2.30. The first-order chi connectivity index (χ1) is 25.3. The topological polar surface area (TPSA) is 110 Å². The fourth-order valence-corrected chi connectivity index (χ4v) is 6.44. The van der Waals surface area contributed by atoms with Gasteiger partial charge in [-0.15, -0.1) is 0 Å². The molecule has 0 spiro atoms. The summed E-state index contributed by atoms with van der Waals surface area (Å²) in [4.78, 5) is 15.0. The molecule has 8 aromatic rings. The number of rotatable bonds is 4. The largest absolute Gasteiger partial charge is 0.247 e. The normalized spacial score (nSPS) is 11.0. The lowest BCUT2D eigenvalue weighted by atomic mass is 9.90. The van der Waals surface area contributed by atoms with Crippen molar-refractivity contribution < 1.29 is 17.6 Å². The molecule has 6 aromatic carbocycles. The number of nitriles is 3. The van der Waals surface area contributed by atoms with E-state index in [0.29, 0.717) is 61.0 Å². The Morgan fingerprint density at radius 2 is 0.981 bits per heavy atom. The minimum Gasteiger partial charge on any atom is -0.247 e. The van der Waals surface area contributed by atoms with Crippen molar-refractivity contribution in [2.45, 2.75) is 0 Å². The SMILES string of the molecule is N#Cc1ccc(-c2nc3cc(-c4c(F)c(F)c(C#N)c(F)c4F)c4c(-c5ccccc5)nc5ccccc5c4c3nc2-c2ccc(C#N)cc2)cc1. The van der Waals surface area contributed by atoms with Gasteiger partial charge in [-0.2, -0.15) is 15.8 Å². The predicted octanol–water partition coefficient (Wildman–Crippen LogP) is 10.2. The molecule has 0 aliphatic carbocycles. The van der Waals surface area contributed by atoms with Crippen LogP contribution in [0, 0.1) is 57.3 Å². The van der Waals surface area contributed by atoms with Gasteiger partial charge in [0.15, 0.2) is 23.3 Å². The molecule has 0 saturated heterocycles. The van der Waals surface area contributed by atoms with E-state index < -0.39 is 34.4 Å². The van der Waals surface area contributed by atoms with Gasteiger partial charge in [0.05, 0.1) is 62.5 Å². The van der Waals surface area contributed by atoms with Crippen molar-refractivity contribution >= 4 is 32.7 Å². The van der Waals surface area contributed by atoms with Crippen LogP contribution in [0.15, 0.2) is 109 Å². The number of pyridine rings is 1. The molecule has 2 aromatic heterocycles. The molecule has 10 heteroatoms. The van der Waals surface area contributed by atoms with Crippen molar-refractivity contribution in [3.63, 3.8) is 0 Å². The summed E-state index contributed by atoms with van der Waals surface area (Å²) < 4.78 is 62.8. The van der Waals surface area contributed by atoms with Crippen LogP contribution in [0.4, 0.5) is 17.6 Å². The number of fused-ring (bicyclic) bond motifs is 5. The second-order valence-corrected chi connectivity index (χ2v) is 11.8. The van der Waals surface area contributed by atoms with Crippen LogP contribution < -0.4 is 0 Å². The Labute approximate surface area is 292 Å². The average Bonchev–Trinajstić information content (AvgIpc) is 3.20. The van der Waals surface area contributed by atoms with Gasteiger partial charge in [0.2, 0.25) is 0 Å². The molecule has 8 rings (SSSR count). The molecule has 0 radical (unpaired) electrons. The minimum absolute atomic E-state index is 0.124. The quantitative estimate of drug-likeness (QED) is 0.104. The first-order valence-electron chi connectivity index (χ1n) is 15.7. The second-order valence-electron chi connectivity index (χ2n) is 11.8. The maximum Gasteiger partial charge on any atom is 0.180 e. The van der Waals surface area contributed by atoms with Gasteiger partial charge in [-0.25, -0.2) is 32.5 Å². The third-order valence-corrected chi connectivity index (χ3v) is 8.87. The fraction of sp³-hybridized carbons (Fsp3) is 0. The molecular weight excluding hydrogens is 664 g/mol. The lowest BCUT2D eigenvalue weighted by Gasteiger charge is -2.19.